The number of hydrogen-bond donors (Lipinski definition) is 5. The molecule has 2 aliphatic rings. The number of amides is 1. The summed E-state index contributed by atoms with van der Waals surface area (Å²) >= 11 is 0. The molecule has 2 aliphatic heterocycles. The van der Waals surface area contributed by atoms with Gasteiger partial charge < -0.3 is 26.2 Å². The zero-order chi connectivity index (χ0) is 33.3. The number of alkyl halides is 3. The van der Waals surface area contributed by atoms with Crippen LogP contribution in [-0.4, -0.2) is 81.3 Å². The topological polar surface area (TPSA) is 193 Å². The van der Waals surface area contributed by atoms with Crippen molar-refractivity contribution in [1.82, 2.24) is 25.3 Å². The zero-order valence-corrected chi connectivity index (χ0v) is 26.1. The van der Waals surface area contributed by atoms with Crippen molar-refractivity contribution in [2.24, 2.45) is 11.7 Å². The largest absolute Gasteiger partial charge is 0.451 e. The molecule has 17 heteroatoms. The molecule has 1 amide bonds. The minimum absolute atomic E-state index is 0.0205. The number of anilines is 2. The Hall–Kier alpha value is -4.17. The summed E-state index contributed by atoms with van der Waals surface area (Å²) in [6.45, 7) is 1.84. The number of nitriles is 1. The Bertz CT molecular complexity index is 1510. The molecular weight excluding hydrogens is 625 g/mol. The van der Waals surface area contributed by atoms with Gasteiger partial charge in [-0.25, -0.2) is 23.1 Å². The van der Waals surface area contributed by atoms with Crippen LogP contribution in [-0.2, 0) is 27.4 Å². The number of carbonyl (C=O) groups excluding carboxylic acids is 1. The molecule has 0 saturated carbocycles. The highest BCUT2D eigenvalue weighted by Gasteiger charge is 2.39. The average Bonchev–Trinajstić information content (AvgIpc) is 3.51. The van der Waals surface area contributed by atoms with Gasteiger partial charge in [-0.15, -0.1) is 0 Å². The fourth-order valence-corrected chi connectivity index (χ4v) is 6.57. The third-order valence-electron chi connectivity index (χ3n) is 8.10. The van der Waals surface area contributed by atoms with Crippen molar-refractivity contribution in [3.05, 3.63) is 47.3 Å². The van der Waals surface area contributed by atoms with Crippen molar-refractivity contribution in [1.29, 1.82) is 10.7 Å². The molecule has 4 rings (SSSR count). The molecule has 6 N–H and O–H groups in total. The quantitative estimate of drug-likeness (QED) is 0.156. The van der Waals surface area contributed by atoms with Crippen molar-refractivity contribution >= 4 is 33.5 Å². The smallest absolute Gasteiger partial charge is 0.370 e. The Balaban J connectivity index is 1.35. The number of aromatic nitrogens is 2. The molecule has 3 heterocycles. The number of carbonyl (C=O) groups is 1. The summed E-state index contributed by atoms with van der Waals surface area (Å²) in [4.78, 5) is 24.2. The number of sulfonamides is 1. The van der Waals surface area contributed by atoms with Crippen molar-refractivity contribution in [3.63, 3.8) is 0 Å². The highest BCUT2D eigenvalue weighted by atomic mass is 32.2. The lowest BCUT2D eigenvalue weighted by molar-refractivity contribution is -0.144. The molecule has 0 radical (unpaired) electrons. The zero-order valence-electron chi connectivity index (χ0n) is 25.3. The van der Waals surface area contributed by atoms with E-state index >= 15 is 0 Å². The van der Waals surface area contributed by atoms with E-state index in [4.69, 9.17) is 16.4 Å². The average molecular weight is 665 g/mol. The maximum Gasteiger partial charge on any atom is 0.451 e. The van der Waals surface area contributed by atoms with Crippen LogP contribution in [0.5, 0.6) is 0 Å². The molecule has 0 spiro atoms. The second-order valence-corrected chi connectivity index (χ2v) is 13.3. The van der Waals surface area contributed by atoms with Crippen LogP contribution in [0.2, 0.25) is 0 Å². The van der Waals surface area contributed by atoms with Crippen LogP contribution in [0.1, 0.15) is 49.1 Å². The summed E-state index contributed by atoms with van der Waals surface area (Å²) in [5.41, 5.74) is 6.65. The van der Waals surface area contributed by atoms with Gasteiger partial charge in [-0.3, -0.25) is 10.2 Å². The van der Waals surface area contributed by atoms with E-state index in [1.165, 1.54) is 6.07 Å². The van der Waals surface area contributed by atoms with Crippen LogP contribution in [0, 0.1) is 22.7 Å². The second kappa shape index (κ2) is 15.4. The molecule has 1 aromatic heterocycles. The van der Waals surface area contributed by atoms with Gasteiger partial charge in [0.2, 0.25) is 21.8 Å². The van der Waals surface area contributed by atoms with E-state index in [1.54, 1.807) is 21.9 Å². The summed E-state index contributed by atoms with van der Waals surface area (Å²) in [7, 11) is -3.54. The van der Waals surface area contributed by atoms with E-state index in [0.717, 1.165) is 5.56 Å². The monoisotopic (exact) mass is 664 g/mol. The Labute approximate surface area is 266 Å². The van der Waals surface area contributed by atoms with Gasteiger partial charge in [-0.2, -0.15) is 18.4 Å². The maximum atomic E-state index is 13.9. The van der Waals surface area contributed by atoms with Crippen LogP contribution in [0.4, 0.5) is 24.8 Å². The Morgan fingerprint density at radius 3 is 2.39 bits per heavy atom. The van der Waals surface area contributed by atoms with E-state index in [-0.39, 0.29) is 48.3 Å². The fraction of sp³-hybridized carbons (Fsp3) is 0.552. The number of nitrogens with two attached hydrogens (primary N) is 1. The van der Waals surface area contributed by atoms with Gasteiger partial charge in [0.25, 0.3) is 0 Å². The molecule has 0 unspecified atom stereocenters. The number of nitrogens with one attached hydrogen (secondary N) is 4. The molecular formula is C29H39F3N10O3S. The van der Waals surface area contributed by atoms with Crippen LogP contribution in [0.3, 0.4) is 0 Å². The summed E-state index contributed by atoms with van der Waals surface area (Å²) < 4.78 is 68.5. The van der Waals surface area contributed by atoms with Gasteiger partial charge in [-0.05, 0) is 62.1 Å². The normalized spacial score (nSPS) is 17.5. The number of hydrogen-bond acceptors (Lipinski definition) is 9. The van der Waals surface area contributed by atoms with Crippen LogP contribution in [0.25, 0.3) is 0 Å². The van der Waals surface area contributed by atoms with E-state index in [1.807, 2.05) is 12.1 Å². The van der Waals surface area contributed by atoms with Crippen molar-refractivity contribution < 1.29 is 26.4 Å². The molecule has 2 saturated heterocycles. The lowest BCUT2D eigenvalue weighted by Crippen LogP contribution is -2.44. The van der Waals surface area contributed by atoms with Gasteiger partial charge in [0.15, 0.2) is 5.96 Å². The van der Waals surface area contributed by atoms with E-state index < -0.39 is 28.1 Å². The molecule has 0 bridgehead atoms. The van der Waals surface area contributed by atoms with Gasteiger partial charge in [0.05, 0.1) is 17.4 Å². The number of benzene rings is 1. The number of halogens is 3. The molecule has 0 aliphatic carbocycles. The van der Waals surface area contributed by atoms with Gasteiger partial charge in [0, 0.05) is 45.3 Å². The van der Waals surface area contributed by atoms with Gasteiger partial charge >= 0.3 is 6.18 Å². The number of piperidine rings is 1. The van der Waals surface area contributed by atoms with Gasteiger partial charge in [-0.1, -0.05) is 12.1 Å². The fourth-order valence-electron chi connectivity index (χ4n) is 5.63. The van der Waals surface area contributed by atoms with Crippen molar-refractivity contribution in [2.45, 2.75) is 50.7 Å². The summed E-state index contributed by atoms with van der Waals surface area (Å²) in [5.74, 6) is -1.71. The van der Waals surface area contributed by atoms with E-state index in [9.17, 15) is 26.4 Å². The first kappa shape index (κ1) is 34.7. The SMILES string of the molecule is N#Cc1ccc(CCNC(=O)[C@@H]2CCCN2c2cc(N3CCC(CCNS(=O)(=O)CCNC(=N)N)CC3)nc(C(F)(F)F)n2)cc1. The lowest BCUT2D eigenvalue weighted by atomic mass is 9.94. The molecule has 1 aromatic carbocycles. The number of nitrogens with zero attached hydrogens (tertiary/aromatic N) is 5. The highest BCUT2D eigenvalue weighted by Crippen LogP contribution is 2.34. The Kier molecular flexibility index (Phi) is 11.6. The van der Waals surface area contributed by atoms with Crippen LogP contribution in [0.15, 0.2) is 30.3 Å². The molecule has 250 valence electrons. The standard InChI is InChI=1S/C29H39F3N10O3S/c30-29(31,32)27-39-24(41-15-9-21(10-16-41)8-12-38-46(44,45)17-13-37-28(34)35)18-25(40-27)42-14-1-2-23(42)26(43)36-11-7-20-3-5-22(19-33)6-4-20/h3-6,18,21,23,38H,1-2,7-17H2,(H,36,43)(H4,34,35,37)/t23-/m0/s1. The molecule has 2 fully saturated rings. The van der Waals surface area contributed by atoms with Crippen molar-refractivity contribution in [2.75, 3.05) is 54.8 Å². The molecule has 1 atom stereocenters. The molecule has 13 nitrogen and oxygen atoms in total. The summed E-state index contributed by atoms with van der Waals surface area (Å²) in [5, 5.41) is 21.4. The van der Waals surface area contributed by atoms with E-state index in [0.29, 0.717) is 70.3 Å². The number of guanidine groups is 1. The minimum Gasteiger partial charge on any atom is -0.370 e. The Morgan fingerprint density at radius 1 is 1.04 bits per heavy atom. The minimum atomic E-state index is -4.78. The molecule has 46 heavy (non-hydrogen) atoms. The maximum absolute atomic E-state index is 13.9. The third-order valence-corrected chi connectivity index (χ3v) is 9.48. The highest BCUT2D eigenvalue weighted by molar-refractivity contribution is 7.89. The third kappa shape index (κ3) is 9.91. The summed E-state index contributed by atoms with van der Waals surface area (Å²) in [6.07, 6.45) is -1.28. The molecule has 2 aromatic rings. The van der Waals surface area contributed by atoms with E-state index in [2.05, 4.69) is 31.4 Å². The predicted molar refractivity (Wildman–Crippen MR) is 167 cm³/mol. The summed E-state index contributed by atoms with van der Waals surface area (Å²) in [6, 6.07) is 9.94. The first-order valence-corrected chi connectivity index (χ1v) is 16.8. The first-order valence-electron chi connectivity index (χ1n) is 15.1. The predicted octanol–water partition coefficient (Wildman–Crippen LogP) is 1.70. The Morgan fingerprint density at radius 2 is 1.74 bits per heavy atom. The lowest BCUT2D eigenvalue weighted by Gasteiger charge is -2.34. The van der Waals surface area contributed by atoms with Gasteiger partial charge in [0.1, 0.15) is 17.7 Å². The van der Waals surface area contributed by atoms with Crippen LogP contribution < -0.4 is 30.9 Å². The van der Waals surface area contributed by atoms with Crippen LogP contribution >= 0.6 is 0 Å². The second-order valence-electron chi connectivity index (χ2n) is 11.4. The van der Waals surface area contributed by atoms with Crippen molar-refractivity contribution in [3.8, 4) is 6.07 Å². The number of rotatable bonds is 13. The first-order chi connectivity index (χ1) is 21.8.